The molecule has 0 saturated heterocycles. The average molecular weight is 663 g/mol. The highest BCUT2D eigenvalue weighted by molar-refractivity contribution is 6.00. The first kappa shape index (κ1) is 50.2. The number of ketones is 1. The second kappa shape index (κ2) is 29.7. The lowest BCUT2D eigenvalue weighted by Gasteiger charge is -2.24. The molecule has 0 aliphatic heterocycles. The van der Waals surface area contributed by atoms with E-state index in [0.717, 1.165) is 42.5 Å². The Kier molecular flexibility index (Phi) is 32.4. The summed E-state index contributed by atoms with van der Waals surface area (Å²) in [5, 5.41) is 9.94. The molecule has 1 fully saturated rings. The quantitative estimate of drug-likeness (QED) is 0.124. The van der Waals surface area contributed by atoms with Crippen LogP contribution < -0.4 is 0 Å². The Morgan fingerprint density at radius 1 is 1.09 bits per heavy atom. The number of carbonyl (C=O) groups excluding carboxylic acids is 1. The third kappa shape index (κ3) is 24.5. The maximum Gasteiger partial charge on any atom is 0.386 e. The van der Waals surface area contributed by atoms with E-state index in [1.54, 1.807) is 19.9 Å². The summed E-state index contributed by atoms with van der Waals surface area (Å²) in [6.07, 6.45) is 7.21. The van der Waals surface area contributed by atoms with E-state index in [4.69, 9.17) is 4.74 Å². The van der Waals surface area contributed by atoms with Crippen molar-refractivity contribution in [3.63, 3.8) is 0 Å². The van der Waals surface area contributed by atoms with Gasteiger partial charge in [-0.3, -0.25) is 4.79 Å². The highest BCUT2D eigenvalue weighted by Gasteiger charge is 2.24. The number of aliphatic hydroxyl groups excluding tert-OH is 1. The number of aliphatic imine (C=N–C) groups is 1. The van der Waals surface area contributed by atoms with Crippen LogP contribution in [0.25, 0.3) is 11.6 Å². The van der Waals surface area contributed by atoms with Crippen molar-refractivity contribution in [3.05, 3.63) is 47.2 Å². The van der Waals surface area contributed by atoms with Crippen molar-refractivity contribution in [2.75, 3.05) is 0 Å². The fraction of sp³-hybridized carbons (Fsp3) is 0.676. The number of nitrogens with zero attached hydrogens (tertiary/aromatic N) is 2. The fourth-order valence-electron chi connectivity index (χ4n) is 4.07. The van der Waals surface area contributed by atoms with E-state index in [2.05, 4.69) is 25.4 Å². The predicted molar refractivity (Wildman–Crippen MR) is 191 cm³/mol. The van der Waals surface area contributed by atoms with Gasteiger partial charge < -0.3 is 14.4 Å². The lowest BCUT2D eigenvalue weighted by Crippen LogP contribution is -2.22. The maximum atomic E-state index is 15.9. The minimum atomic E-state index is -4.00. The summed E-state index contributed by atoms with van der Waals surface area (Å²) in [5.41, 5.74) is 3.29. The van der Waals surface area contributed by atoms with Crippen molar-refractivity contribution >= 4 is 23.3 Å². The van der Waals surface area contributed by atoms with Crippen LogP contribution in [0.1, 0.15) is 152 Å². The van der Waals surface area contributed by atoms with E-state index >= 15 is 4.39 Å². The van der Waals surface area contributed by atoms with Gasteiger partial charge in [-0.15, -0.1) is 0 Å². The molecule has 46 heavy (non-hydrogen) atoms. The van der Waals surface area contributed by atoms with Gasteiger partial charge in [0.2, 0.25) is 0 Å². The molecule has 1 aromatic rings. The summed E-state index contributed by atoms with van der Waals surface area (Å²) in [4.78, 5) is 15.8. The van der Waals surface area contributed by atoms with Crippen LogP contribution in [0.4, 0.5) is 17.6 Å². The Balaban J connectivity index is -0.000000540. The summed E-state index contributed by atoms with van der Waals surface area (Å²) in [7, 11) is 0. The summed E-state index contributed by atoms with van der Waals surface area (Å²) in [5.74, 6) is -0.574. The summed E-state index contributed by atoms with van der Waals surface area (Å²) < 4.78 is 54.8. The molecule has 0 bridgehead atoms. The topological polar surface area (TPSA) is 63.8 Å². The minimum absolute atomic E-state index is 0.00949. The van der Waals surface area contributed by atoms with E-state index in [0.29, 0.717) is 24.2 Å². The van der Waals surface area contributed by atoms with Gasteiger partial charge in [0.15, 0.2) is 11.6 Å². The monoisotopic (exact) mass is 663 g/mol. The number of aromatic nitrogens is 1. The standard InChI is InChI=1S/C26H37FN2O3.C3H8.C2H3F3.3C2H6/c1-7-22(25(27)26(28-17(2)3)32-21-11-9-8-10-12-21)23-16-29(15-19(5)31)24(20(23)6)14-13-18(4)30;1-3-2;1-2(3,4)5;3*1-2/h13-14,16,19,21,31H,2,7-12,15H2,1,3-6H3;3H2,1-2H3;1H3;3*1-2H3/b14-13-,25-22-,28-26?;;;;;/t19-;;;;;/m0...../s1. The first-order valence-corrected chi connectivity index (χ1v) is 17.0. The molecule has 270 valence electrons. The minimum Gasteiger partial charge on any atom is -0.472 e. The number of aliphatic hydroxyl groups is 1. The normalized spacial score (nSPS) is 14.2. The van der Waals surface area contributed by atoms with Crippen molar-refractivity contribution in [1.29, 1.82) is 0 Å². The maximum absolute atomic E-state index is 15.9. The van der Waals surface area contributed by atoms with Crippen molar-refractivity contribution < 1.29 is 32.2 Å². The van der Waals surface area contributed by atoms with Gasteiger partial charge in [0.05, 0.1) is 6.10 Å². The second-order valence-electron chi connectivity index (χ2n) is 10.2. The average Bonchev–Trinajstić information content (AvgIpc) is 3.28. The smallest absolute Gasteiger partial charge is 0.386 e. The molecule has 9 heteroatoms. The lowest BCUT2D eigenvalue weighted by atomic mass is 9.97. The van der Waals surface area contributed by atoms with Gasteiger partial charge in [-0.2, -0.15) is 13.2 Å². The van der Waals surface area contributed by atoms with Gasteiger partial charge in [0, 0.05) is 42.2 Å². The van der Waals surface area contributed by atoms with E-state index in [1.807, 2.05) is 66.2 Å². The van der Waals surface area contributed by atoms with Crippen LogP contribution in [0.3, 0.4) is 0 Å². The molecule has 1 N–H and O–H groups in total. The number of allylic oxidation sites excluding steroid dienone is 3. The van der Waals surface area contributed by atoms with Gasteiger partial charge in [-0.05, 0) is 77.5 Å². The zero-order valence-corrected chi connectivity index (χ0v) is 31.4. The van der Waals surface area contributed by atoms with Gasteiger partial charge in [-0.1, -0.05) is 81.7 Å². The highest BCUT2D eigenvalue weighted by Crippen LogP contribution is 2.32. The van der Waals surface area contributed by atoms with Crippen LogP contribution in [-0.2, 0) is 16.1 Å². The molecule has 1 atom stereocenters. The molecule has 0 amide bonds. The number of halogens is 4. The molecule has 1 aliphatic rings. The van der Waals surface area contributed by atoms with Gasteiger partial charge in [0.1, 0.15) is 6.10 Å². The molecule has 1 aromatic heterocycles. The molecule has 1 saturated carbocycles. The van der Waals surface area contributed by atoms with Crippen molar-refractivity contribution in [2.45, 2.75) is 167 Å². The van der Waals surface area contributed by atoms with Gasteiger partial charge in [-0.25, -0.2) is 9.38 Å². The van der Waals surface area contributed by atoms with Crippen molar-refractivity contribution in [2.24, 2.45) is 4.99 Å². The SMILES string of the molecule is C=C(C)N=C(OC1CCCCC1)/C(F)=C(\CC)c1cn(C[C@H](C)O)c(/C=C\C(C)=O)c1C.CC.CC.CC.CC(F)(F)F.CCC. The van der Waals surface area contributed by atoms with Gasteiger partial charge in [0.25, 0.3) is 5.90 Å². The number of carbonyl (C=O) groups is 1. The molecule has 0 spiro atoms. The van der Waals surface area contributed by atoms with E-state index < -0.39 is 18.1 Å². The van der Waals surface area contributed by atoms with Crippen LogP contribution in [-0.4, -0.2) is 39.7 Å². The highest BCUT2D eigenvalue weighted by atomic mass is 19.4. The van der Waals surface area contributed by atoms with Crippen LogP contribution in [0.15, 0.2) is 35.4 Å². The summed E-state index contributed by atoms with van der Waals surface area (Å²) in [6, 6.07) is 0. The van der Waals surface area contributed by atoms with E-state index in [1.165, 1.54) is 25.8 Å². The van der Waals surface area contributed by atoms with Crippen LogP contribution in [0.2, 0.25) is 0 Å². The van der Waals surface area contributed by atoms with Crippen molar-refractivity contribution in [3.8, 4) is 0 Å². The first-order chi connectivity index (χ1) is 21.5. The molecule has 0 radical (unpaired) electrons. The third-order valence-electron chi connectivity index (χ3n) is 5.57. The number of ether oxygens (including phenoxy) is 1. The molecular weight excluding hydrogens is 596 g/mol. The summed E-state index contributed by atoms with van der Waals surface area (Å²) >= 11 is 0. The van der Waals surface area contributed by atoms with Crippen molar-refractivity contribution in [1.82, 2.24) is 4.57 Å². The Bertz CT molecular complexity index is 1020. The fourth-order valence-corrected chi connectivity index (χ4v) is 4.07. The Hall–Kier alpha value is -2.68. The molecule has 0 unspecified atom stereocenters. The summed E-state index contributed by atoms with van der Waals surface area (Å²) in [6.45, 7) is 29.3. The second-order valence-corrected chi connectivity index (χ2v) is 10.2. The molecule has 2 rings (SSSR count). The number of rotatable bonds is 9. The lowest BCUT2D eigenvalue weighted by molar-refractivity contribution is -0.112. The zero-order chi connectivity index (χ0) is 37.0. The third-order valence-corrected chi connectivity index (χ3v) is 5.57. The molecule has 5 nitrogen and oxygen atoms in total. The Labute approximate surface area is 278 Å². The molecule has 1 heterocycles. The largest absolute Gasteiger partial charge is 0.472 e. The number of alkyl halides is 3. The number of hydrogen-bond donors (Lipinski definition) is 1. The van der Waals surface area contributed by atoms with E-state index in [9.17, 15) is 23.1 Å². The Morgan fingerprint density at radius 3 is 1.91 bits per heavy atom. The Morgan fingerprint density at radius 2 is 1.54 bits per heavy atom. The van der Waals surface area contributed by atoms with E-state index in [-0.39, 0.29) is 24.7 Å². The van der Waals surface area contributed by atoms with Crippen LogP contribution in [0.5, 0.6) is 0 Å². The van der Waals surface area contributed by atoms with Crippen LogP contribution >= 0.6 is 0 Å². The first-order valence-electron chi connectivity index (χ1n) is 17.0. The molecule has 0 aromatic carbocycles. The van der Waals surface area contributed by atoms with Crippen LogP contribution in [0, 0.1) is 6.92 Å². The predicted octanol–water partition coefficient (Wildman–Crippen LogP) is 12.2. The van der Waals surface area contributed by atoms with Gasteiger partial charge >= 0.3 is 6.18 Å². The molecular formula is C37H66F4N2O3. The number of hydrogen-bond acceptors (Lipinski definition) is 4. The zero-order valence-electron chi connectivity index (χ0n) is 31.4. The molecule has 1 aliphatic carbocycles.